The number of nitrogens with one attached hydrogen (secondary N) is 2. The van der Waals surface area contributed by atoms with Crippen molar-refractivity contribution >= 4 is 10.0 Å². The second kappa shape index (κ2) is 8.41. The third-order valence-electron chi connectivity index (χ3n) is 2.92. The van der Waals surface area contributed by atoms with Crippen molar-refractivity contribution in [2.45, 2.75) is 44.6 Å². The topological polar surface area (TPSA) is 58.2 Å². The fourth-order valence-electron chi connectivity index (χ4n) is 1.79. The molecule has 0 aliphatic heterocycles. The van der Waals surface area contributed by atoms with Gasteiger partial charge in [0.1, 0.15) is 4.90 Å². The van der Waals surface area contributed by atoms with Gasteiger partial charge < -0.3 is 5.32 Å². The van der Waals surface area contributed by atoms with Gasteiger partial charge in [-0.25, -0.2) is 21.9 Å². The van der Waals surface area contributed by atoms with Gasteiger partial charge in [-0.1, -0.05) is 20.3 Å². The highest BCUT2D eigenvalue weighted by atomic mass is 32.2. The molecule has 1 aromatic carbocycles. The maximum absolute atomic E-state index is 13.8. The van der Waals surface area contributed by atoms with Gasteiger partial charge in [0.2, 0.25) is 10.0 Å². The molecule has 120 valence electrons. The third-order valence-corrected chi connectivity index (χ3v) is 4.38. The quantitative estimate of drug-likeness (QED) is 0.688. The standard InChI is InChI=1S/C14H22F2N2O2S/c1-3-5-7-18-21(19,20)13-9-11(10-17-6-4-2)8-12(15)14(13)16/h8-9,17-18H,3-7,10H2,1-2H3. The second-order valence-corrected chi connectivity index (χ2v) is 6.55. The first kappa shape index (κ1) is 18.0. The zero-order valence-corrected chi connectivity index (χ0v) is 13.2. The molecule has 0 spiro atoms. The van der Waals surface area contributed by atoms with E-state index in [1.54, 1.807) is 0 Å². The van der Waals surface area contributed by atoms with E-state index in [0.29, 0.717) is 18.5 Å². The van der Waals surface area contributed by atoms with Crippen LogP contribution in [0.5, 0.6) is 0 Å². The lowest BCUT2D eigenvalue weighted by Gasteiger charge is -2.10. The summed E-state index contributed by atoms with van der Waals surface area (Å²) in [6.45, 7) is 5.11. The van der Waals surface area contributed by atoms with E-state index in [1.807, 2.05) is 13.8 Å². The summed E-state index contributed by atoms with van der Waals surface area (Å²) in [6.07, 6.45) is 2.34. The fourth-order valence-corrected chi connectivity index (χ4v) is 2.99. The lowest BCUT2D eigenvalue weighted by atomic mass is 10.2. The van der Waals surface area contributed by atoms with Crippen LogP contribution in [0.4, 0.5) is 8.78 Å². The minimum absolute atomic E-state index is 0.207. The van der Waals surface area contributed by atoms with Gasteiger partial charge in [0, 0.05) is 13.1 Å². The lowest BCUT2D eigenvalue weighted by molar-refractivity contribution is 0.480. The van der Waals surface area contributed by atoms with Gasteiger partial charge in [-0.3, -0.25) is 0 Å². The maximum Gasteiger partial charge on any atom is 0.243 e. The van der Waals surface area contributed by atoms with E-state index < -0.39 is 26.6 Å². The Morgan fingerprint density at radius 3 is 2.43 bits per heavy atom. The summed E-state index contributed by atoms with van der Waals surface area (Å²) in [5.74, 6) is -2.49. The Labute approximate surface area is 125 Å². The van der Waals surface area contributed by atoms with Gasteiger partial charge in [0.05, 0.1) is 0 Å². The summed E-state index contributed by atoms with van der Waals surface area (Å²) >= 11 is 0. The molecule has 2 N–H and O–H groups in total. The highest BCUT2D eigenvalue weighted by Crippen LogP contribution is 2.20. The Hall–Kier alpha value is -1.05. The average Bonchev–Trinajstić information content (AvgIpc) is 2.42. The Balaban J connectivity index is 2.99. The van der Waals surface area contributed by atoms with Crippen LogP contribution in [0.15, 0.2) is 17.0 Å². The average molecular weight is 320 g/mol. The zero-order chi connectivity index (χ0) is 15.9. The molecule has 1 aromatic rings. The monoisotopic (exact) mass is 320 g/mol. The van der Waals surface area contributed by atoms with Crippen LogP contribution in [0.3, 0.4) is 0 Å². The molecule has 0 saturated heterocycles. The van der Waals surface area contributed by atoms with Crippen LogP contribution < -0.4 is 10.0 Å². The van der Waals surface area contributed by atoms with Crippen molar-refractivity contribution in [3.63, 3.8) is 0 Å². The van der Waals surface area contributed by atoms with Crippen molar-refractivity contribution in [3.05, 3.63) is 29.3 Å². The van der Waals surface area contributed by atoms with Crippen molar-refractivity contribution in [1.82, 2.24) is 10.0 Å². The maximum atomic E-state index is 13.8. The molecule has 1 rings (SSSR count). The molecule has 0 atom stereocenters. The number of unbranched alkanes of at least 4 members (excludes halogenated alkanes) is 1. The molecule has 7 heteroatoms. The first-order chi connectivity index (χ1) is 9.92. The van der Waals surface area contributed by atoms with E-state index in [9.17, 15) is 17.2 Å². The van der Waals surface area contributed by atoms with E-state index in [4.69, 9.17) is 0 Å². The van der Waals surface area contributed by atoms with Crippen molar-refractivity contribution in [2.75, 3.05) is 13.1 Å². The van der Waals surface area contributed by atoms with Crippen molar-refractivity contribution < 1.29 is 17.2 Å². The number of rotatable bonds is 9. The first-order valence-electron chi connectivity index (χ1n) is 7.10. The molecule has 0 heterocycles. The molecular weight excluding hydrogens is 298 g/mol. The Bertz CT molecular complexity index is 562. The smallest absolute Gasteiger partial charge is 0.243 e. The van der Waals surface area contributed by atoms with Crippen molar-refractivity contribution in [1.29, 1.82) is 0 Å². The Kier molecular flexibility index (Phi) is 7.21. The predicted molar refractivity (Wildman–Crippen MR) is 78.5 cm³/mol. The molecule has 0 unspecified atom stereocenters. The van der Waals surface area contributed by atoms with Crippen LogP contribution >= 0.6 is 0 Å². The minimum atomic E-state index is -4.03. The van der Waals surface area contributed by atoms with Crippen molar-refractivity contribution in [3.8, 4) is 0 Å². The number of hydrogen-bond acceptors (Lipinski definition) is 3. The summed E-state index contributed by atoms with van der Waals surface area (Å²) in [7, 11) is -4.03. The van der Waals surface area contributed by atoms with E-state index in [1.165, 1.54) is 6.07 Å². The van der Waals surface area contributed by atoms with Gasteiger partial charge in [0.15, 0.2) is 11.6 Å². The summed E-state index contributed by atoms with van der Waals surface area (Å²) in [4.78, 5) is -0.632. The molecule has 0 aromatic heterocycles. The molecule has 0 aliphatic carbocycles. The van der Waals surface area contributed by atoms with Gasteiger partial charge in [0.25, 0.3) is 0 Å². The minimum Gasteiger partial charge on any atom is -0.313 e. The van der Waals surface area contributed by atoms with Crippen LogP contribution in [0.1, 0.15) is 38.7 Å². The number of sulfonamides is 1. The van der Waals surface area contributed by atoms with Gasteiger partial charge >= 0.3 is 0 Å². The summed E-state index contributed by atoms with van der Waals surface area (Å²) in [5.41, 5.74) is 0.401. The molecule has 4 nitrogen and oxygen atoms in total. The Morgan fingerprint density at radius 1 is 1.10 bits per heavy atom. The van der Waals surface area contributed by atoms with E-state index >= 15 is 0 Å². The third kappa shape index (κ3) is 5.33. The summed E-state index contributed by atoms with van der Waals surface area (Å²) < 4.78 is 53.7. The normalized spacial score (nSPS) is 11.8. The van der Waals surface area contributed by atoms with Crippen LogP contribution in [-0.4, -0.2) is 21.5 Å². The molecule has 21 heavy (non-hydrogen) atoms. The molecule has 0 aliphatic rings. The molecular formula is C14H22F2N2O2S. The van der Waals surface area contributed by atoms with Crippen LogP contribution in [0, 0.1) is 11.6 Å². The molecule has 0 amide bonds. The van der Waals surface area contributed by atoms with E-state index in [-0.39, 0.29) is 6.54 Å². The van der Waals surface area contributed by atoms with Gasteiger partial charge in [-0.05, 0) is 37.1 Å². The lowest BCUT2D eigenvalue weighted by Crippen LogP contribution is -2.26. The molecule has 0 fully saturated rings. The largest absolute Gasteiger partial charge is 0.313 e. The SMILES string of the molecule is CCCCNS(=O)(=O)c1cc(CNCCC)cc(F)c1F. The number of benzene rings is 1. The molecule has 0 saturated carbocycles. The second-order valence-electron chi connectivity index (χ2n) is 4.82. The van der Waals surface area contributed by atoms with Crippen LogP contribution in [-0.2, 0) is 16.6 Å². The van der Waals surface area contributed by atoms with E-state index in [0.717, 1.165) is 25.5 Å². The summed E-state index contributed by atoms with van der Waals surface area (Å²) in [6, 6.07) is 2.19. The Morgan fingerprint density at radius 2 is 1.81 bits per heavy atom. The van der Waals surface area contributed by atoms with E-state index in [2.05, 4.69) is 10.0 Å². The number of halogens is 2. The molecule has 0 radical (unpaired) electrons. The van der Waals surface area contributed by atoms with Crippen LogP contribution in [0.2, 0.25) is 0 Å². The molecule has 0 bridgehead atoms. The number of hydrogen-bond donors (Lipinski definition) is 2. The zero-order valence-electron chi connectivity index (χ0n) is 12.4. The van der Waals surface area contributed by atoms with Crippen LogP contribution in [0.25, 0.3) is 0 Å². The first-order valence-corrected chi connectivity index (χ1v) is 8.59. The summed E-state index contributed by atoms with van der Waals surface area (Å²) in [5, 5.41) is 3.02. The highest BCUT2D eigenvalue weighted by molar-refractivity contribution is 7.89. The highest BCUT2D eigenvalue weighted by Gasteiger charge is 2.22. The fraction of sp³-hybridized carbons (Fsp3) is 0.571. The van der Waals surface area contributed by atoms with Gasteiger partial charge in [-0.2, -0.15) is 0 Å². The predicted octanol–water partition coefficient (Wildman–Crippen LogP) is 2.54. The van der Waals surface area contributed by atoms with Gasteiger partial charge in [-0.15, -0.1) is 0 Å². The van der Waals surface area contributed by atoms with Crippen molar-refractivity contribution in [2.24, 2.45) is 0 Å².